The number of carbonyl (C=O) groups is 1. The van der Waals surface area contributed by atoms with Gasteiger partial charge in [-0.25, -0.2) is 0 Å². The number of aliphatic hydroxyl groups is 1. The molecule has 1 aliphatic carbocycles. The molecule has 6 heteroatoms. The van der Waals surface area contributed by atoms with Crippen LogP contribution in [0.15, 0.2) is 11.4 Å². The molecule has 0 aromatic carbocycles. The molecule has 4 rings (SSSR count). The second-order valence-electron chi connectivity index (χ2n) is 7.31. The second kappa shape index (κ2) is 7.12. The van der Waals surface area contributed by atoms with E-state index in [1.54, 1.807) is 0 Å². The summed E-state index contributed by atoms with van der Waals surface area (Å²) in [5.41, 5.74) is 1.40. The molecule has 3 heterocycles. The van der Waals surface area contributed by atoms with Gasteiger partial charge in [-0.2, -0.15) is 0 Å². The zero-order valence-corrected chi connectivity index (χ0v) is 15.0. The van der Waals surface area contributed by atoms with Gasteiger partial charge >= 0.3 is 0 Å². The Hall–Kier alpha value is -0.950. The summed E-state index contributed by atoms with van der Waals surface area (Å²) < 4.78 is 0. The third-order valence-corrected chi connectivity index (χ3v) is 6.85. The molecular weight excluding hydrogens is 322 g/mol. The summed E-state index contributed by atoms with van der Waals surface area (Å²) in [4.78, 5) is 20.8. The Morgan fingerprint density at radius 2 is 2.04 bits per heavy atom. The number of amides is 1. The van der Waals surface area contributed by atoms with Gasteiger partial charge in [0.2, 0.25) is 5.91 Å². The molecular formula is C18H27N3O2S. The number of aliphatic hydroxyl groups excluding tert-OH is 1. The maximum Gasteiger partial charge on any atom is 0.236 e. The maximum atomic E-state index is 12.6. The molecule has 132 valence electrons. The molecule has 24 heavy (non-hydrogen) atoms. The lowest BCUT2D eigenvalue weighted by atomic mass is 10.1. The van der Waals surface area contributed by atoms with Crippen LogP contribution in [0, 0.1) is 0 Å². The van der Waals surface area contributed by atoms with Gasteiger partial charge in [0.15, 0.2) is 0 Å². The van der Waals surface area contributed by atoms with E-state index in [-0.39, 0.29) is 12.0 Å². The van der Waals surface area contributed by atoms with E-state index in [1.807, 2.05) is 16.2 Å². The van der Waals surface area contributed by atoms with E-state index in [2.05, 4.69) is 21.2 Å². The first-order chi connectivity index (χ1) is 11.7. The summed E-state index contributed by atoms with van der Waals surface area (Å²) in [6, 6.07) is 2.52. The Kier molecular flexibility index (Phi) is 4.90. The molecule has 1 saturated carbocycles. The van der Waals surface area contributed by atoms with Crippen LogP contribution >= 0.6 is 11.3 Å². The first-order valence-electron chi connectivity index (χ1n) is 9.18. The highest BCUT2D eigenvalue weighted by Crippen LogP contribution is 2.26. The number of hydrogen-bond donors (Lipinski definition) is 1. The molecule has 1 N–H and O–H groups in total. The molecule has 0 spiro atoms. The van der Waals surface area contributed by atoms with Crippen LogP contribution in [0.3, 0.4) is 0 Å². The topological polar surface area (TPSA) is 47.0 Å². The third-order valence-electron chi connectivity index (χ3n) is 5.83. The van der Waals surface area contributed by atoms with Gasteiger partial charge in [-0.1, -0.05) is 0 Å². The van der Waals surface area contributed by atoms with Crippen LogP contribution in [0.4, 0.5) is 0 Å². The minimum absolute atomic E-state index is 0.166. The van der Waals surface area contributed by atoms with Crippen molar-refractivity contribution in [1.82, 2.24) is 14.7 Å². The van der Waals surface area contributed by atoms with Gasteiger partial charge in [-0.3, -0.25) is 14.6 Å². The number of thiophene rings is 1. The summed E-state index contributed by atoms with van der Waals surface area (Å²) >= 11 is 1.84. The van der Waals surface area contributed by atoms with E-state index < -0.39 is 0 Å². The van der Waals surface area contributed by atoms with Crippen LogP contribution in [0.25, 0.3) is 0 Å². The van der Waals surface area contributed by atoms with Crippen molar-refractivity contribution in [2.24, 2.45) is 0 Å². The molecule has 1 amide bonds. The van der Waals surface area contributed by atoms with Crippen molar-refractivity contribution in [2.75, 3.05) is 39.3 Å². The monoisotopic (exact) mass is 349 g/mol. The van der Waals surface area contributed by atoms with Crippen LogP contribution in [0.5, 0.6) is 0 Å². The Balaban J connectivity index is 1.26. The van der Waals surface area contributed by atoms with Crippen molar-refractivity contribution in [1.29, 1.82) is 0 Å². The highest BCUT2D eigenvalue weighted by molar-refractivity contribution is 7.10. The van der Waals surface area contributed by atoms with Crippen molar-refractivity contribution in [3.05, 3.63) is 21.9 Å². The first-order valence-corrected chi connectivity index (χ1v) is 10.1. The molecule has 1 saturated heterocycles. The van der Waals surface area contributed by atoms with Gasteiger partial charge in [0.25, 0.3) is 0 Å². The largest absolute Gasteiger partial charge is 0.391 e. The molecule has 0 radical (unpaired) electrons. The Labute approximate surface area is 147 Å². The van der Waals surface area contributed by atoms with Gasteiger partial charge < -0.3 is 10.0 Å². The molecule has 0 unspecified atom stereocenters. The van der Waals surface area contributed by atoms with Gasteiger partial charge in [0.1, 0.15) is 0 Å². The number of rotatable bonds is 3. The number of fused-ring (bicyclic) bond motifs is 1. The summed E-state index contributed by atoms with van der Waals surface area (Å²) in [6.45, 7) is 5.87. The molecule has 2 fully saturated rings. The smallest absolute Gasteiger partial charge is 0.236 e. The number of carbonyl (C=O) groups excluding carboxylic acids is 1. The molecule has 1 aromatic heterocycles. The van der Waals surface area contributed by atoms with Gasteiger partial charge in [-0.05, 0) is 42.7 Å². The normalized spacial score (nSPS) is 29.0. The molecule has 0 bridgehead atoms. The van der Waals surface area contributed by atoms with Crippen molar-refractivity contribution >= 4 is 17.2 Å². The van der Waals surface area contributed by atoms with Crippen molar-refractivity contribution in [2.45, 2.75) is 44.4 Å². The summed E-state index contributed by atoms with van der Waals surface area (Å²) in [5.74, 6) is 0.264. The van der Waals surface area contributed by atoms with Crippen LogP contribution in [-0.2, 0) is 17.8 Å². The predicted molar refractivity (Wildman–Crippen MR) is 95.1 cm³/mol. The van der Waals surface area contributed by atoms with Crippen molar-refractivity contribution in [3.8, 4) is 0 Å². The highest BCUT2D eigenvalue weighted by atomic mass is 32.1. The lowest BCUT2D eigenvalue weighted by molar-refractivity contribution is -0.135. The fourth-order valence-corrected chi connectivity index (χ4v) is 5.27. The lowest BCUT2D eigenvalue weighted by Crippen LogP contribution is -2.55. The second-order valence-corrected chi connectivity index (χ2v) is 8.31. The SMILES string of the molecule is O=C(CN1CCc2sccc2C1)N1CCN([C@@H]2CCC[C@H]2O)CC1. The Bertz CT molecular complexity index is 583. The number of piperazine rings is 1. The number of nitrogens with zero attached hydrogens (tertiary/aromatic N) is 3. The zero-order valence-electron chi connectivity index (χ0n) is 14.2. The maximum absolute atomic E-state index is 12.6. The summed E-state index contributed by atoms with van der Waals surface area (Å²) in [7, 11) is 0. The number of hydrogen-bond acceptors (Lipinski definition) is 5. The van der Waals surface area contributed by atoms with Crippen LogP contribution < -0.4 is 0 Å². The van der Waals surface area contributed by atoms with E-state index >= 15 is 0 Å². The third kappa shape index (κ3) is 3.38. The molecule has 1 aromatic rings. The van der Waals surface area contributed by atoms with E-state index in [1.165, 1.54) is 10.4 Å². The molecule has 2 aliphatic heterocycles. The zero-order chi connectivity index (χ0) is 16.5. The van der Waals surface area contributed by atoms with Gasteiger partial charge in [0, 0.05) is 50.2 Å². The van der Waals surface area contributed by atoms with Gasteiger partial charge in [-0.15, -0.1) is 11.3 Å². The predicted octanol–water partition coefficient (Wildman–Crippen LogP) is 1.16. The fourth-order valence-electron chi connectivity index (χ4n) is 4.38. The van der Waals surface area contributed by atoms with Crippen LogP contribution in [0.2, 0.25) is 0 Å². The van der Waals surface area contributed by atoms with Crippen molar-refractivity contribution < 1.29 is 9.90 Å². The first kappa shape index (κ1) is 16.5. The minimum atomic E-state index is -0.166. The summed E-state index contributed by atoms with van der Waals surface area (Å²) in [6.07, 6.45) is 4.08. The molecule has 2 atom stereocenters. The fraction of sp³-hybridized carbons (Fsp3) is 0.722. The van der Waals surface area contributed by atoms with E-state index in [9.17, 15) is 9.90 Å². The lowest BCUT2D eigenvalue weighted by Gasteiger charge is -2.39. The Morgan fingerprint density at radius 1 is 1.21 bits per heavy atom. The quantitative estimate of drug-likeness (QED) is 0.890. The highest BCUT2D eigenvalue weighted by Gasteiger charge is 2.33. The van der Waals surface area contributed by atoms with E-state index in [0.29, 0.717) is 12.6 Å². The van der Waals surface area contributed by atoms with Crippen LogP contribution in [0.1, 0.15) is 29.7 Å². The molecule has 5 nitrogen and oxygen atoms in total. The Morgan fingerprint density at radius 3 is 2.79 bits per heavy atom. The average molecular weight is 350 g/mol. The van der Waals surface area contributed by atoms with Crippen molar-refractivity contribution in [3.63, 3.8) is 0 Å². The average Bonchev–Trinajstić information content (AvgIpc) is 3.23. The van der Waals surface area contributed by atoms with E-state index in [4.69, 9.17) is 0 Å². The van der Waals surface area contributed by atoms with Gasteiger partial charge in [0.05, 0.1) is 12.6 Å². The van der Waals surface area contributed by atoms with Crippen LogP contribution in [-0.4, -0.2) is 77.1 Å². The standard InChI is InChI=1S/C18H27N3O2S/c22-16-3-1-2-15(16)20-7-9-21(10-8-20)18(23)13-19-6-4-17-14(12-19)5-11-24-17/h5,11,15-16,22H,1-4,6-10,12-13H2/t15-,16-/m1/s1. The molecule has 3 aliphatic rings. The summed E-state index contributed by atoms with van der Waals surface area (Å²) in [5, 5.41) is 12.2. The minimum Gasteiger partial charge on any atom is -0.391 e. The van der Waals surface area contributed by atoms with E-state index in [0.717, 1.165) is 65.0 Å².